The standard InChI is InChI=1S/C14H22N2O3S/c1-3-5-10-20(18,19)16-11-12-6-8-13(9-7-12)14(17)15-4-2/h6-9,16H,3-5,10-11H2,1-2H3,(H,15,17). The fraction of sp³-hybridized carbons (Fsp3) is 0.500. The monoisotopic (exact) mass is 298 g/mol. The lowest BCUT2D eigenvalue weighted by Crippen LogP contribution is -2.26. The summed E-state index contributed by atoms with van der Waals surface area (Å²) in [4.78, 5) is 11.6. The Balaban J connectivity index is 2.56. The Morgan fingerprint density at radius 1 is 1.15 bits per heavy atom. The zero-order valence-corrected chi connectivity index (χ0v) is 12.8. The van der Waals surface area contributed by atoms with Crippen LogP contribution >= 0.6 is 0 Å². The molecule has 0 aromatic heterocycles. The normalized spacial score (nSPS) is 11.3. The molecule has 0 heterocycles. The summed E-state index contributed by atoms with van der Waals surface area (Å²) in [6, 6.07) is 6.90. The molecule has 0 aliphatic carbocycles. The molecule has 0 saturated heterocycles. The molecule has 0 atom stereocenters. The summed E-state index contributed by atoms with van der Waals surface area (Å²) in [5, 5.41) is 2.71. The molecule has 1 aromatic rings. The molecule has 0 bridgehead atoms. The van der Waals surface area contributed by atoms with E-state index in [1.807, 2.05) is 13.8 Å². The van der Waals surface area contributed by atoms with Gasteiger partial charge >= 0.3 is 0 Å². The summed E-state index contributed by atoms with van der Waals surface area (Å²) in [6.07, 6.45) is 1.51. The van der Waals surface area contributed by atoms with Crippen molar-refractivity contribution in [3.05, 3.63) is 35.4 Å². The first-order valence-electron chi connectivity index (χ1n) is 6.83. The lowest BCUT2D eigenvalue weighted by Gasteiger charge is -2.07. The topological polar surface area (TPSA) is 75.3 Å². The molecule has 0 radical (unpaired) electrons. The van der Waals surface area contributed by atoms with Crippen LogP contribution < -0.4 is 10.0 Å². The van der Waals surface area contributed by atoms with Crippen molar-refractivity contribution in [3.8, 4) is 0 Å². The summed E-state index contributed by atoms with van der Waals surface area (Å²) in [6.45, 7) is 4.65. The molecule has 1 rings (SSSR count). The molecule has 2 N–H and O–H groups in total. The minimum absolute atomic E-state index is 0.123. The average molecular weight is 298 g/mol. The lowest BCUT2D eigenvalue weighted by molar-refractivity contribution is 0.0956. The SMILES string of the molecule is CCCCS(=O)(=O)NCc1ccc(C(=O)NCC)cc1. The first-order chi connectivity index (χ1) is 9.48. The molecule has 0 aliphatic rings. The number of amides is 1. The summed E-state index contributed by atoms with van der Waals surface area (Å²) in [5.41, 5.74) is 1.41. The number of sulfonamides is 1. The van der Waals surface area contributed by atoms with Crippen molar-refractivity contribution in [2.45, 2.75) is 33.2 Å². The van der Waals surface area contributed by atoms with Gasteiger partial charge < -0.3 is 5.32 Å². The lowest BCUT2D eigenvalue weighted by atomic mass is 10.1. The van der Waals surface area contributed by atoms with Gasteiger partial charge in [0.25, 0.3) is 5.91 Å². The summed E-state index contributed by atoms with van der Waals surface area (Å²) < 4.78 is 25.9. The summed E-state index contributed by atoms with van der Waals surface area (Å²) >= 11 is 0. The maximum atomic E-state index is 11.6. The molecule has 1 aromatic carbocycles. The molecule has 0 aliphatic heterocycles. The van der Waals surface area contributed by atoms with E-state index in [2.05, 4.69) is 10.0 Å². The predicted octanol–water partition coefficient (Wildman–Crippen LogP) is 1.66. The molecule has 5 nitrogen and oxygen atoms in total. The molecular weight excluding hydrogens is 276 g/mol. The molecule has 1 amide bonds. The minimum Gasteiger partial charge on any atom is -0.352 e. The third-order valence-corrected chi connectivity index (χ3v) is 4.23. The van der Waals surface area contributed by atoms with Crippen LogP contribution in [0.25, 0.3) is 0 Å². The fourth-order valence-corrected chi connectivity index (χ4v) is 2.84. The number of rotatable bonds is 8. The van der Waals surface area contributed by atoms with Gasteiger partial charge in [-0.25, -0.2) is 13.1 Å². The Morgan fingerprint density at radius 2 is 1.80 bits per heavy atom. The number of hydrogen-bond donors (Lipinski definition) is 2. The van der Waals surface area contributed by atoms with E-state index in [0.29, 0.717) is 18.5 Å². The van der Waals surface area contributed by atoms with Gasteiger partial charge in [-0.05, 0) is 31.0 Å². The third-order valence-electron chi connectivity index (χ3n) is 2.82. The van der Waals surface area contributed by atoms with Crippen molar-refractivity contribution in [1.29, 1.82) is 0 Å². The Labute approximate surface area is 120 Å². The number of carbonyl (C=O) groups is 1. The van der Waals surface area contributed by atoms with Crippen molar-refractivity contribution < 1.29 is 13.2 Å². The second-order valence-corrected chi connectivity index (χ2v) is 6.48. The first-order valence-corrected chi connectivity index (χ1v) is 8.48. The number of benzene rings is 1. The van der Waals surface area contributed by atoms with Crippen molar-refractivity contribution in [1.82, 2.24) is 10.0 Å². The van der Waals surface area contributed by atoms with E-state index in [9.17, 15) is 13.2 Å². The van der Waals surface area contributed by atoms with Gasteiger partial charge in [0.05, 0.1) is 5.75 Å². The van der Waals surface area contributed by atoms with Gasteiger partial charge in [0, 0.05) is 18.7 Å². The second kappa shape index (κ2) is 8.01. The van der Waals surface area contributed by atoms with E-state index >= 15 is 0 Å². The Hall–Kier alpha value is -1.40. The van der Waals surface area contributed by atoms with E-state index in [1.54, 1.807) is 24.3 Å². The number of nitrogens with one attached hydrogen (secondary N) is 2. The third kappa shape index (κ3) is 5.71. The molecule has 0 spiro atoms. The highest BCUT2D eigenvalue weighted by Crippen LogP contribution is 2.05. The van der Waals surface area contributed by atoms with Gasteiger partial charge in [-0.3, -0.25) is 4.79 Å². The van der Waals surface area contributed by atoms with Crippen LogP contribution in [-0.4, -0.2) is 26.6 Å². The summed E-state index contributed by atoms with van der Waals surface area (Å²) in [7, 11) is -3.21. The zero-order chi connectivity index (χ0) is 15.0. The largest absolute Gasteiger partial charge is 0.352 e. The number of hydrogen-bond acceptors (Lipinski definition) is 3. The van der Waals surface area contributed by atoms with Crippen LogP contribution in [0, 0.1) is 0 Å². The fourth-order valence-electron chi connectivity index (χ4n) is 1.64. The van der Waals surface area contributed by atoms with Crippen molar-refractivity contribution in [2.24, 2.45) is 0 Å². The van der Waals surface area contributed by atoms with Crippen LogP contribution in [-0.2, 0) is 16.6 Å². The van der Waals surface area contributed by atoms with Gasteiger partial charge in [0.15, 0.2) is 0 Å². The maximum Gasteiger partial charge on any atom is 0.251 e. The zero-order valence-electron chi connectivity index (χ0n) is 12.0. The van der Waals surface area contributed by atoms with E-state index in [-0.39, 0.29) is 18.2 Å². The van der Waals surface area contributed by atoms with E-state index < -0.39 is 10.0 Å². The van der Waals surface area contributed by atoms with Crippen LogP contribution in [0.4, 0.5) is 0 Å². The quantitative estimate of drug-likeness (QED) is 0.766. The van der Waals surface area contributed by atoms with Gasteiger partial charge in [0.1, 0.15) is 0 Å². The molecule has 20 heavy (non-hydrogen) atoms. The van der Waals surface area contributed by atoms with Crippen LogP contribution in [0.5, 0.6) is 0 Å². The Kier molecular flexibility index (Phi) is 6.67. The molecule has 6 heteroatoms. The van der Waals surface area contributed by atoms with Gasteiger partial charge in [-0.15, -0.1) is 0 Å². The second-order valence-electron chi connectivity index (χ2n) is 4.55. The average Bonchev–Trinajstić information content (AvgIpc) is 2.44. The van der Waals surface area contributed by atoms with Gasteiger partial charge in [0.2, 0.25) is 10.0 Å². The van der Waals surface area contributed by atoms with Crippen LogP contribution in [0.15, 0.2) is 24.3 Å². The van der Waals surface area contributed by atoms with Crippen LogP contribution in [0.3, 0.4) is 0 Å². The van der Waals surface area contributed by atoms with E-state index in [4.69, 9.17) is 0 Å². The van der Waals surface area contributed by atoms with Crippen molar-refractivity contribution >= 4 is 15.9 Å². The molecule has 0 unspecified atom stereocenters. The van der Waals surface area contributed by atoms with E-state index in [0.717, 1.165) is 12.0 Å². The molecule has 112 valence electrons. The van der Waals surface area contributed by atoms with Gasteiger partial charge in [-0.2, -0.15) is 0 Å². The van der Waals surface area contributed by atoms with Gasteiger partial charge in [-0.1, -0.05) is 25.5 Å². The van der Waals surface area contributed by atoms with Crippen molar-refractivity contribution in [2.75, 3.05) is 12.3 Å². The molecule has 0 saturated carbocycles. The predicted molar refractivity (Wildman–Crippen MR) is 80.0 cm³/mol. The minimum atomic E-state index is -3.21. The number of carbonyl (C=O) groups excluding carboxylic acids is 1. The van der Waals surface area contributed by atoms with Crippen LogP contribution in [0.2, 0.25) is 0 Å². The van der Waals surface area contributed by atoms with Crippen LogP contribution in [0.1, 0.15) is 42.6 Å². The highest BCUT2D eigenvalue weighted by Gasteiger charge is 2.09. The smallest absolute Gasteiger partial charge is 0.251 e. The first kappa shape index (κ1) is 16.7. The Bertz CT molecular complexity index is 524. The highest BCUT2D eigenvalue weighted by atomic mass is 32.2. The maximum absolute atomic E-state index is 11.6. The van der Waals surface area contributed by atoms with E-state index in [1.165, 1.54) is 0 Å². The summed E-state index contributed by atoms with van der Waals surface area (Å²) in [5.74, 6) is 0.0306. The molecular formula is C14H22N2O3S. The molecule has 0 fully saturated rings. The highest BCUT2D eigenvalue weighted by molar-refractivity contribution is 7.89. The van der Waals surface area contributed by atoms with Crippen molar-refractivity contribution in [3.63, 3.8) is 0 Å². The number of unbranched alkanes of at least 4 members (excludes halogenated alkanes) is 1. The Morgan fingerprint density at radius 3 is 2.35 bits per heavy atom.